The summed E-state index contributed by atoms with van der Waals surface area (Å²) in [6.07, 6.45) is 7.86. The molecule has 1 fully saturated rings. The number of rotatable bonds is 2. The second kappa shape index (κ2) is 7.19. The number of amides is 1. The predicted molar refractivity (Wildman–Crippen MR) is 110 cm³/mol. The SMILES string of the molecule is CC1CCc2ccc(N3CCOC4=C3NCC(C(=O)N3CCCCC3)=C4)cc21. The Labute approximate surface area is 167 Å². The third-order valence-electron chi connectivity index (χ3n) is 6.56. The van der Waals surface area contributed by atoms with Gasteiger partial charge in [-0.3, -0.25) is 4.79 Å². The Balaban J connectivity index is 1.42. The lowest BCUT2D eigenvalue weighted by atomic mass is 10.0. The molecule has 1 saturated heterocycles. The van der Waals surface area contributed by atoms with Crippen molar-refractivity contribution in [1.29, 1.82) is 0 Å². The van der Waals surface area contributed by atoms with Crippen LogP contribution in [0.2, 0.25) is 0 Å². The van der Waals surface area contributed by atoms with E-state index in [1.807, 2.05) is 11.0 Å². The fourth-order valence-electron chi connectivity index (χ4n) is 4.90. The molecular weight excluding hydrogens is 350 g/mol. The van der Waals surface area contributed by atoms with E-state index in [9.17, 15) is 4.79 Å². The van der Waals surface area contributed by atoms with E-state index < -0.39 is 0 Å². The fourth-order valence-corrected chi connectivity index (χ4v) is 4.90. The maximum atomic E-state index is 12.9. The lowest BCUT2D eigenvalue weighted by Gasteiger charge is -2.37. The van der Waals surface area contributed by atoms with Crippen molar-refractivity contribution in [2.45, 2.75) is 44.9 Å². The second-order valence-electron chi connectivity index (χ2n) is 8.41. The van der Waals surface area contributed by atoms with Crippen LogP contribution >= 0.6 is 0 Å². The lowest BCUT2D eigenvalue weighted by molar-refractivity contribution is -0.128. The van der Waals surface area contributed by atoms with Crippen molar-refractivity contribution in [3.05, 3.63) is 52.6 Å². The number of piperidine rings is 1. The molecule has 28 heavy (non-hydrogen) atoms. The minimum atomic E-state index is 0.158. The van der Waals surface area contributed by atoms with Crippen LogP contribution in [0.25, 0.3) is 0 Å². The first-order valence-electron chi connectivity index (χ1n) is 10.7. The smallest absolute Gasteiger partial charge is 0.251 e. The van der Waals surface area contributed by atoms with E-state index in [0.29, 0.717) is 19.1 Å². The summed E-state index contributed by atoms with van der Waals surface area (Å²) in [6.45, 7) is 6.09. The lowest BCUT2D eigenvalue weighted by Crippen LogP contribution is -2.44. The first kappa shape index (κ1) is 17.7. The number of hydrogen-bond donors (Lipinski definition) is 1. The predicted octanol–water partition coefficient (Wildman–Crippen LogP) is 3.28. The molecule has 0 aromatic heterocycles. The summed E-state index contributed by atoms with van der Waals surface area (Å²) in [5.41, 5.74) is 5.00. The number of carbonyl (C=O) groups is 1. The zero-order valence-corrected chi connectivity index (χ0v) is 16.7. The summed E-state index contributed by atoms with van der Waals surface area (Å²) in [6, 6.07) is 6.86. The van der Waals surface area contributed by atoms with E-state index in [-0.39, 0.29) is 5.91 Å². The Hall–Kier alpha value is -2.43. The topological polar surface area (TPSA) is 44.8 Å². The van der Waals surface area contributed by atoms with Crippen LogP contribution in [0.15, 0.2) is 41.4 Å². The summed E-state index contributed by atoms with van der Waals surface area (Å²) in [4.78, 5) is 17.2. The van der Waals surface area contributed by atoms with Crippen LogP contribution in [-0.2, 0) is 16.0 Å². The molecular formula is C23H29N3O2. The number of aryl methyl sites for hydroxylation is 1. The maximum absolute atomic E-state index is 12.9. The van der Waals surface area contributed by atoms with Crippen molar-refractivity contribution >= 4 is 11.6 Å². The van der Waals surface area contributed by atoms with Crippen LogP contribution in [0.3, 0.4) is 0 Å². The summed E-state index contributed by atoms with van der Waals surface area (Å²) in [5, 5.41) is 3.48. The minimum absolute atomic E-state index is 0.158. The molecule has 1 atom stereocenters. The second-order valence-corrected chi connectivity index (χ2v) is 8.41. The van der Waals surface area contributed by atoms with Gasteiger partial charge in [0.2, 0.25) is 0 Å². The van der Waals surface area contributed by atoms with E-state index in [1.54, 1.807) is 0 Å². The van der Waals surface area contributed by atoms with Crippen LogP contribution < -0.4 is 10.2 Å². The molecule has 4 aliphatic rings. The number of dihydropyridines is 1. The molecule has 1 N–H and O–H groups in total. The van der Waals surface area contributed by atoms with Gasteiger partial charge in [-0.2, -0.15) is 0 Å². The van der Waals surface area contributed by atoms with Gasteiger partial charge < -0.3 is 19.9 Å². The number of ether oxygens (including phenoxy) is 1. The standard InChI is InChI=1S/C23H29N3O2/c1-16-5-6-17-7-8-19(14-20(16)17)26-11-12-28-21-13-18(15-24-22(21)26)23(27)25-9-3-2-4-10-25/h7-8,13-14,16,24H,2-6,9-12,15H2,1H3. The van der Waals surface area contributed by atoms with Crippen molar-refractivity contribution in [3.8, 4) is 0 Å². The molecule has 0 bridgehead atoms. The molecule has 5 rings (SSSR count). The highest BCUT2D eigenvalue weighted by Gasteiger charge is 2.30. The summed E-state index contributed by atoms with van der Waals surface area (Å²) in [7, 11) is 0. The molecule has 0 radical (unpaired) electrons. The number of hydrogen-bond acceptors (Lipinski definition) is 4. The van der Waals surface area contributed by atoms with Gasteiger partial charge in [0.1, 0.15) is 12.4 Å². The number of nitrogens with one attached hydrogen (secondary N) is 1. The Kier molecular flexibility index (Phi) is 4.53. The molecule has 1 aromatic rings. The van der Waals surface area contributed by atoms with Gasteiger partial charge in [0.05, 0.1) is 6.54 Å². The van der Waals surface area contributed by atoms with Gasteiger partial charge in [-0.25, -0.2) is 0 Å². The van der Waals surface area contributed by atoms with Crippen molar-refractivity contribution in [3.63, 3.8) is 0 Å². The van der Waals surface area contributed by atoms with Gasteiger partial charge in [0.25, 0.3) is 5.91 Å². The molecule has 3 aliphatic heterocycles. The molecule has 1 unspecified atom stereocenters. The molecule has 1 aliphatic carbocycles. The molecule has 148 valence electrons. The largest absolute Gasteiger partial charge is 0.488 e. The summed E-state index contributed by atoms with van der Waals surface area (Å²) in [5.74, 6) is 2.58. The Morgan fingerprint density at radius 2 is 2.04 bits per heavy atom. The number of fused-ring (bicyclic) bond motifs is 1. The molecule has 3 heterocycles. The Morgan fingerprint density at radius 3 is 2.89 bits per heavy atom. The zero-order valence-electron chi connectivity index (χ0n) is 16.7. The van der Waals surface area contributed by atoms with E-state index in [4.69, 9.17) is 4.74 Å². The van der Waals surface area contributed by atoms with Crippen LogP contribution in [0.5, 0.6) is 0 Å². The molecule has 0 spiro atoms. The highest BCUT2D eigenvalue weighted by Crippen LogP contribution is 2.37. The van der Waals surface area contributed by atoms with Crippen LogP contribution in [0.4, 0.5) is 5.69 Å². The van der Waals surface area contributed by atoms with Gasteiger partial charge in [0, 0.05) is 30.9 Å². The molecule has 1 aromatic carbocycles. The van der Waals surface area contributed by atoms with Crippen LogP contribution in [-0.4, -0.2) is 43.6 Å². The third kappa shape index (κ3) is 3.07. The number of likely N-dealkylation sites (tertiary alicyclic amines) is 1. The van der Waals surface area contributed by atoms with E-state index in [2.05, 4.69) is 35.3 Å². The van der Waals surface area contributed by atoms with Crippen molar-refractivity contribution < 1.29 is 9.53 Å². The first-order valence-corrected chi connectivity index (χ1v) is 10.7. The Morgan fingerprint density at radius 1 is 1.18 bits per heavy atom. The van der Waals surface area contributed by atoms with Gasteiger partial charge in [-0.05, 0) is 67.4 Å². The van der Waals surface area contributed by atoms with Gasteiger partial charge in [-0.15, -0.1) is 0 Å². The zero-order chi connectivity index (χ0) is 19.1. The van der Waals surface area contributed by atoms with Crippen LogP contribution in [0, 0.1) is 0 Å². The van der Waals surface area contributed by atoms with Gasteiger partial charge >= 0.3 is 0 Å². The van der Waals surface area contributed by atoms with Crippen LogP contribution in [0.1, 0.15) is 49.7 Å². The van der Waals surface area contributed by atoms with E-state index in [0.717, 1.165) is 49.6 Å². The Bertz CT molecular complexity index is 851. The number of carbonyl (C=O) groups excluding carboxylic acids is 1. The average Bonchev–Trinajstić information content (AvgIpc) is 3.13. The highest BCUT2D eigenvalue weighted by molar-refractivity contribution is 5.94. The average molecular weight is 380 g/mol. The maximum Gasteiger partial charge on any atom is 0.251 e. The number of nitrogens with zero attached hydrogens (tertiary/aromatic N) is 2. The van der Waals surface area contributed by atoms with Crippen molar-refractivity contribution in [1.82, 2.24) is 10.2 Å². The molecule has 5 heteroatoms. The highest BCUT2D eigenvalue weighted by atomic mass is 16.5. The normalized spacial score (nSPS) is 24.2. The van der Waals surface area contributed by atoms with Crippen molar-refractivity contribution in [2.24, 2.45) is 0 Å². The summed E-state index contributed by atoms with van der Waals surface area (Å²) < 4.78 is 5.94. The molecule has 5 nitrogen and oxygen atoms in total. The van der Waals surface area contributed by atoms with Gasteiger partial charge in [-0.1, -0.05) is 13.0 Å². The quantitative estimate of drug-likeness (QED) is 0.857. The van der Waals surface area contributed by atoms with Gasteiger partial charge in [0.15, 0.2) is 5.76 Å². The molecule has 1 amide bonds. The number of anilines is 1. The molecule has 0 saturated carbocycles. The first-order chi connectivity index (χ1) is 13.7. The number of benzene rings is 1. The monoisotopic (exact) mass is 379 g/mol. The minimum Gasteiger partial charge on any atom is -0.488 e. The van der Waals surface area contributed by atoms with E-state index >= 15 is 0 Å². The fraction of sp³-hybridized carbons (Fsp3) is 0.522. The third-order valence-corrected chi connectivity index (χ3v) is 6.56. The number of allylic oxidation sites excluding steroid dienone is 1. The van der Waals surface area contributed by atoms with E-state index in [1.165, 1.54) is 36.1 Å². The van der Waals surface area contributed by atoms with Crippen molar-refractivity contribution in [2.75, 3.05) is 37.7 Å². The summed E-state index contributed by atoms with van der Waals surface area (Å²) >= 11 is 0.